The number of hydrogen-bond donors (Lipinski definition) is 1. The van der Waals surface area contributed by atoms with Crippen LogP contribution in [-0.2, 0) is 9.53 Å². The largest absolute Gasteiger partial charge is 0.463 e. The second-order valence-electron chi connectivity index (χ2n) is 6.51. The predicted molar refractivity (Wildman–Crippen MR) is 106 cm³/mol. The maximum atomic E-state index is 12.7. The number of halogens is 2. The Balaban J connectivity index is 1.46. The molecule has 0 atom stereocenters. The number of hydrogen-bond acceptors (Lipinski definition) is 8. The summed E-state index contributed by atoms with van der Waals surface area (Å²) in [4.78, 5) is 29.2. The SMILES string of the molecule is Cc1noc2nc(-c3ccco3)cc(C(=O)OCC(=O)Nc3ccc(OC(F)F)cc3)c12. The van der Waals surface area contributed by atoms with E-state index in [1.807, 2.05) is 0 Å². The molecule has 3 aromatic heterocycles. The fourth-order valence-electron chi connectivity index (χ4n) is 2.93. The van der Waals surface area contributed by atoms with Gasteiger partial charge in [0.2, 0.25) is 0 Å². The summed E-state index contributed by atoms with van der Waals surface area (Å²) in [6, 6.07) is 10.1. The molecule has 0 fully saturated rings. The zero-order chi connectivity index (χ0) is 22.7. The number of carbonyl (C=O) groups is 2. The number of pyridine rings is 1. The Bertz CT molecular complexity index is 1250. The van der Waals surface area contributed by atoms with Gasteiger partial charge in [0, 0.05) is 5.69 Å². The minimum atomic E-state index is -2.95. The number of nitrogens with one attached hydrogen (secondary N) is 1. The van der Waals surface area contributed by atoms with Crippen molar-refractivity contribution in [1.82, 2.24) is 10.1 Å². The number of carbonyl (C=O) groups excluding carboxylic acids is 2. The van der Waals surface area contributed by atoms with Gasteiger partial charge in [0.1, 0.15) is 11.4 Å². The van der Waals surface area contributed by atoms with Crippen molar-refractivity contribution in [3.8, 4) is 17.2 Å². The molecule has 0 saturated heterocycles. The number of esters is 1. The first-order valence-corrected chi connectivity index (χ1v) is 9.23. The van der Waals surface area contributed by atoms with E-state index in [0.717, 1.165) is 0 Å². The molecule has 0 aliphatic carbocycles. The molecule has 0 bridgehead atoms. The highest BCUT2D eigenvalue weighted by Gasteiger charge is 2.22. The maximum absolute atomic E-state index is 12.7. The zero-order valence-electron chi connectivity index (χ0n) is 16.5. The number of aromatic nitrogens is 2. The van der Waals surface area contributed by atoms with E-state index in [9.17, 15) is 18.4 Å². The van der Waals surface area contributed by atoms with Crippen LogP contribution in [0.5, 0.6) is 5.75 Å². The lowest BCUT2D eigenvalue weighted by molar-refractivity contribution is -0.119. The van der Waals surface area contributed by atoms with E-state index in [1.54, 1.807) is 19.1 Å². The lowest BCUT2D eigenvalue weighted by atomic mass is 10.1. The molecule has 0 radical (unpaired) electrons. The Morgan fingerprint density at radius 3 is 2.66 bits per heavy atom. The van der Waals surface area contributed by atoms with E-state index in [2.05, 4.69) is 20.2 Å². The molecule has 0 saturated carbocycles. The summed E-state index contributed by atoms with van der Waals surface area (Å²) in [5.41, 5.74) is 1.32. The fourth-order valence-corrected chi connectivity index (χ4v) is 2.93. The lowest BCUT2D eigenvalue weighted by Gasteiger charge is -2.09. The quantitative estimate of drug-likeness (QED) is 0.423. The predicted octanol–water partition coefficient (Wildman–Crippen LogP) is 4.19. The van der Waals surface area contributed by atoms with Gasteiger partial charge in [0.15, 0.2) is 12.4 Å². The van der Waals surface area contributed by atoms with E-state index in [-0.39, 0.29) is 17.0 Å². The zero-order valence-corrected chi connectivity index (χ0v) is 16.5. The van der Waals surface area contributed by atoms with Crippen LogP contribution in [0.1, 0.15) is 16.1 Å². The van der Waals surface area contributed by atoms with Crippen LogP contribution >= 0.6 is 0 Å². The van der Waals surface area contributed by atoms with Crippen LogP contribution in [0, 0.1) is 6.92 Å². The van der Waals surface area contributed by atoms with E-state index in [4.69, 9.17) is 13.7 Å². The monoisotopic (exact) mass is 443 g/mol. The highest BCUT2D eigenvalue weighted by atomic mass is 19.3. The number of ether oxygens (including phenoxy) is 2. The van der Waals surface area contributed by atoms with Crippen LogP contribution in [0.2, 0.25) is 0 Å². The van der Waals surface area contributed by atoms with E-state index < -0.39 is 25.1 Å². The number of fused-ring (bicyclic) bond motifs is 1. The van der Waals surface area contributed by atoms with Crippen molar-refractivity contribution >= 4 is 28.7 Å². The van der Waals surface area contributed by atoms with E-state index in [0.29, 0.717) is 28.2 Å². The molecule has 32 heavy (non-hydrogen) atoms. The first-order valence-electron chi connectivity index (χ1n) is 9.23. The molecule has 0 unspecified atom stereocenters. The minimum absolute atomic E-state index is 0.0532. The summed E-state index contributed by atoms with van der Waals surface area (Å²) in [5.74, 6) is -1.05. The standard InChI is InChI=1S/C21H15F2N3O6/c1-11-18-14(9-15(16-3-2-8-29-16)25-19(18)32-26-11)20(28)30-10-17(27)24-12-4-6-13(7-5-12)31-21(22)23/h2-9,21H,10H2,1H3,(H,24,27). The van der Waals surface area contributed by atoms with Crippen LogP contribution in [-0.4, -0.2) is 35.2 Å². The van der Waals surface area contributed by atoms with Crippen LogP contribution in [0.3, 0.4) is 0 Å². The third-order valence-corrected chi connectivity index (χ3v) is 4.31. The highest BCUT2D eigenvalue weighted by molar-refractivity contribution is 6.05. The molecule has 0 spiro atoms. The summed E-state index contributed by atoms with van der Waals surface area (Å²) in [6.07, 6.45) is 1.46. The van der Waals surface area contributed by atoms with Crippen LogP contribution < -0.4 is 10.1 Å². The molecular weight excluding hydrogens is 428 g/mol. The summed E-state index contributed by atoms with van der Waals surface area (Å²) in [5, 5.41) is 6.68. The van der Waals surface area contributed by atoms with Crippen molar-refractivity contribution in [2.45, 2.75) is 13.5 Å². The topological polar surface area (TPSA) is 117 Å². The Labute approximate surface area is 178 Å². The van der Waals surface area contributed by atoms with Gasteiger partial charge in [0.05, 0.1) is 22.9 Å². The lowest BCUT2D eigenvalue weighted by Crippen LogP contribution is -2.21. The number of benzene rings is 1. The molecule has 11 heteroatoms. The molecule has 4 aromatic rings. The summed E-state index contributed by atoms with van der Waals surface area (Å²) in [6.45, 7) is -1.89. The molecule has 0 aliphatic rings. The smallest absolute Gasteiger partial charge is 0.387 e. The van der Waals surface area contributed by atoms with Crippen molar-refractivity contribution in [2.24, 2.45) is 0 Å². The van der Waals surface area contributed by atoms with Crippen LogP contribution in [0.25, 0.3) is 22.6 Å². The Hall–Kier alpha value is -4.28. The molecule has 4 rings (SSSR count). The van der Waals surface area contributed by atoms with Crippen molar-refractivity contribution in [3.05, 3.63) is 60.0 Å². The Kier molecular flexibility index (Phi) is 5.79. The van der Waals surface area contributed by atoms with Crippen molar-refractivity contribution in [3.63, 3.8) is 0 Å². The molecule has 9 nitrogen and oxygen atoms in total. The summed E-state index contributed by atoms with van der Waals surface area (Å²) < 4.78 is 44.2. The van der Waals surface area contributed by atoms with Crippen LogP contribution in [0.15, 0.2) is 57.7 Å². The van der Waals surface area contributed by atoms with Gasteiger partial charge in [0.25, 0.3) is 11.6 Å². The summed E-state index contributed by atoms with van der Waals surface area (Å²) >= 11 is 0. The number of aryl methyl sites for hydroxylation is 1. The number of rotatable bonds is 7. The third-order valence-electron chi connectivity index (χ3n) is 4.31. The number of nitrogens with zero attached hydrogens (tertiary/aromatic N) is 2. The third kappa shape index (κ3) is 4.56. The number of alkyl halides is 2. The summed E-state index contributed by atoms with van der Waals surface area (Å²) in [7, 11) is 0. The number of amides is 1. The normalized spacial score (nSPS) is 11.0. The minimum Gasteiger partial charge on any atom is -0.463 e. The van der Waals surface area contributed by atoms with Gasteiger partial charge in [-0.15, -0.1) is 0 Å². The van der Waals surface area contributed by atoms with Gasteiger partial charge in [-0.05, 0) is 49.4 Å². The molecule has 164 valence electrons. The van der Waals surface area contributed by atoms with Crippen molar-refractivity contribution in [2.75, 3.05) is 11.9 Å². The van der Waals surface area contributed by atoms with E-state index >= 15 is 0 Å². The second-order valence-corrected chi connectivity index (χ2v) is 6.51. The first kappa shape index (κ1) is 21.0. The maximum Gasteiger partial charge on any atom is 0.387 e. The van der Waals surface area contributed by atoms with Crippen LogP contribution in [0.4, 0.5) is 14.5 Å². The molecular formula is C21H15F2N3O6. The molecule has 1 aromatic carbocycles. The highest BCUT2D eigenvalue weighted by Crippen LogP contribution is 2.27. The molecule has 1 N–H and O–H groups in total. The Morgan fingerprint density at radius 2 is 1.97 bits per heavy atom. The van der Waals surface area contributed by atoms with Crippen molar-refractivity contribution in [1.29, 1.82) is 0 Å². The van der Waals surface area contributed by atoms with Gasteiger partial charge in [-0.25, -0.2) is 9.78 Å². The average molecular weight is 443 g/mol. The van der Waals surface area contributed by atoms with E-state index in [1.165, 1.54) is 36.6 Å². The number of anilines is 1. The average Bonchev–Trinajstić information content (AvgIpc) is 3.43. The molecule has 1 amide bonds. The second kappa shape index (κ2) is 8.84. The van der Waals surface area contributed by atoms with Crippen molar-refractivity contribution < 1.29 is 36.8 Å². The van der Waals surface area contributed by atoms with Gasteiger partial charge >= 0.3 is 12.6 Å². The van der Waals surface area contributed by atoms with Gasteiger partial charge in [-0.3, -0.25) is 4.79 Å². The van der Waals surface area contributed by atoms with Gasteiger partial charge in [-0.2, -0.15) is 8.78 Å². The Morgan fingerprint density at radius 1 is 1.19 bits per heavy atom. The van der Waals surface area contributed by atoms with Gasteiger partial charge in [-0.1, -0.05) is 5.16 Å². The first-order chi connectivity index (χ1) is 15.4. The fraction of sp³-hybridized carbons (Fsp3) is 0.143. The molecule has 0 aliphatic heterocycles. The molecule has 3 heterocycles. The number of furan rings is 1. The van der Waals surface area contributed by atoms with Gasteiger partial charge < -0.3 is 23.7 Å².